The van der Waals surface area contributed by atoms with Crippen LogP contribution in [0.25, 0.3) is 17.3 Å². The number of fused-ring (bicyclic) bond motifs is 2. The predicted molar refractivity (Wildman–Crippen MR) is 69.9 cm³/mol. The van der Waals surface area contributed by atoms with Crippen LogP contribution in [-0.4, -0.2) is 22.1 Å². The van der Waals surface area contributed by atoms with E-state index in [1.807, 2.05) is 29.2 Å². The molecule has 0 amide bonds. The number of hydrogen-bond acceptors (Lipinski definition) is 3. The number of rotatable bonds is 1. The summed E-state index contributed by atoms with van der Waals surface area (Å²) in [5, 5.41) is 6.79. The molecule has 0 saturated heterocycles. The third-order valence-corrected chi connectivity index (χ3v) is 3.32. The van der Waals surface area contributed by atoms with Crippen LogP contribution < -0.4 is 10.6 Å². The van der Waals surface area contributed by atoms with E-state index in [1.54, 1.807) is 6.26 Å². The van der Waals surface area contributed by atoms with Gasteiger partial charge in [0, 0.05) is 23.4 Å². The van der Waals surface area contributed by atoms with E-state index in [0.717, 1.165) is 23.2 Å². The van der Waals surface area contributed by atoms with E-state index in [4.69, 9.17) is 4.74 Å². The molecule has 1 aliphatic carbocycles. The molecule has 0 atom stereocenters. The van der Waals surface area contributed by atoms with E-state index >= 15 is 0 Å². The lowest BCUT2D eigenvalue weighted by molar-refractivity contribution is 0.286. The molecule has 0 radical (unpaired) electrons. The maximum Gasteiger partial charge on any atom is 0.108 e. The number of nitrogens with zero attached hydrogens (tertiary/aromatic N) is 3. The van der Waals surface area contributed by atoms with Crippen molar-refractivity contribution in [3.8, 4) is 0 Å². The Bertz CT molecular complexity index is 759. The van der Waals surface area contributed by atoms with Crippen molar-refractivity contribution < 1.29 is 4.74 Å². The van der Waals surface area contributed by atoms with Crippen LogP contribution in [0.15, 0.2) is 41.9 Å². The van der Waals surface area contributed by atoms with Gasteiger partial charge in [0.2, 0.25) is 0 Å². The fourth-order valence-electron chi connectivity index (χ4n) is 2.46. The van der Waals surface area contributed by atoms with Crippen LogP contribution in [0.4, 0.5) is 0 Å². The van der Waals surface area contributed by atoms with Gasteiger partial charge in [-0.1, -0.05) is 6.08 Å². The van der Waals surface area contributed by atoms with Gasteiger partial charge in [0.1, 0.15) is 6.61 Å². The molecule has 0 fully saturated rings. The average Bonchev–Trinajstić information content (AvgIpc) is 3.05. The van der Waals surface area contributed by atoms with E-state index in [0.29, 0.717) is 6.61 Å². The molecular formula is C14H11N3O. The molecule has 0 unspecified atom stereocenters. The van der Waals surface area contributed by atoms with Gasteiger partial charge >= 0.3 is 0 Å². The molecule has 4 nitrogen and oxygen atoms in total. The molecule has 18 heavy (non-hydrogen) atoms. The van der Waals surface area contributed by atoms with Gasteiger partial charge in [0.05, 0.1) is 29.2 Å². The Kier molecular flexibility index (Phi) is 1.91. The second-order valence-corrected chi connectivity index (χ2v) is 4.34. The minimum Gasteiger partial charge on any atom is -0.497 e. The molecule has 0 bridgehead atoms. The van der Waals surface area contributed by atoms with Crippen molar-refractivity contribution in [3.05, 3.63) is 47.5 Å². The molecule has 1 aromatic rings. The zero-order valence-corrected chi connectivity index (χ0v) is 9.71. The van der Waals surface area contributed by atoms with Gasteiger partial charge < -0.3 is 4.74 Å². The molecule has 4 heteroatoms. The summed E-state index contributed by atoms with van der Waals surface area (Å²) in [5.41, 5.74) is 3.36. The molecule has 3 aliphatic rings. The van der Waals surface area contributed by atoms with Gasteiger partial charge in [-0.05, 0) is 18.2 Å². The zero-order valence-electron chi connectivity index (χ0n) is 9.71. The fourth-order valence-corrected chi connectivity index (χ4v) is 2.46. The van der Waals surface area contributed by atoms with Crippen molar-refractivity contribution in [3.63, 3.8) is 0 Å². The van der Waals surface area contributed by atoms with Crippen LogP contribution in [0.3, 0.4) is 0 Å². The predicted octanol–water partition coefficient (Wildman–Crippen LogP) is 0.571. The highest BCUT2D eigenvalue weighted by Gasteiger charge is 2.17. The van der Waals surface area contributed by atoms with Gasteiger partial charge in [0.25, 0.3) is 0 Å². The Morgan fingerprint density at radius 2 is 2.22 bits per heavy atom. The maximum atomic E-state index is 5.18. The lowest BCUT2D eigenvalue weighted by atomic mass is 10.0. The molecule has 0 aromatic carbocycles. The van der Waals surface area contributed by atoms with E-state index in [1.165, 1.54) is 10.8 Å². The Labute approximate surface area is 104 Å². The first-order valence-electron chi connectivity index (χ1n) is 5.94. The van der Waals surface area contributed by atoms with Gasteiger partial charge in [-0.25, -0.2) is 4.68 Å². The monoisotopic (exact) mass is 237 g/mol. The minimum atomic E-state index is 0.594. The molecule has 3 heterocycles. The third-order valence-electron chi connectivity index (χ3n) is 3.32. The molecular weight excluding hydrogens is 226 g/mol. The summed E-state index contributed by atoms with van der Waals surface area (Å²) in [4.78, 5) is 4.39. The second kappa shape index (κ2) is 3.57. The van der Waals surface area contributed by atoms with Gasteiger partial charge in [-0.15, -0.1) is 0 Å². The molecule has 0 N–H and O–H groups in total. The van der Waals surface area contributed by atoms with Crippen LogP contribution in [0, 0.1) is 0 Å². The summed E-state index contributed by atoms with van der Waals surface area (Å²) in [6.45, 7) is 0.594. The maximum absolute atomic E-state index is 5.18. The first kappa shape index (κ1) is 9.65. The van der Waals surface area contributed by atoms with Gasteiger partial charge in [0.15, 0.2) is 0 Å². The summed E-state index contributed by atoms with van der Waals surface area (Å²) in [7, 11) is 0. The fraction of sp³-hybridized carbons (Fsp3) is 0.143. The van der Waals surface area contributed by atoms with Crippen LogP contribution in [0.2, 0.25) is 0 Å². The quantitative estimate of drug-likeness (QED) is 0.716. The van der Waals surface area contributed by atoms with Crippen molar-refractivity contribution in [2.24, 2.45) is 4.99 Å². The Morgan fingerprint density at radius 1 is 1.22 bits per heavy atom. The molecule has 4 rings (SSSR count). The number of aliphatic imine (C=N–C) groups is 1. The number of allylic oxidation sites excluding steroid dienone is 3. The Balaban J connectivity index is 2.05. The Hall–Kier alpha value is -2.36. The molecule has 0 spiro atoms. The van der Waals surface area contributed by atoms with Crippen molar-refractivity contribution >= 4 is 23.1 Å². The summed E-state index contributed by atoms with van der Waals surface area (Å²) in [5.74, 6) is 0. The van der Waals surface area contributed by atoms with Gasteiger partial charge in [-0.2, -0.15) is 5.10 Å². The minimum absolute atomic E-state index is 0.594. The van der Waals surface area contributed by atoms with Crippen molar-refractivity contribution in [2.75, 3.05) is 6.61 Å². The van der Waals surface area contributed by atoms with Crippen molar-refractivity contribution in [1.82, 2.24) is 9.78 Å². The molecule has 2 aliphatic heterocycles. The normalized spacial score (nSPS) is 19.7. The van der Waals surface area contributed by atoms with E-state index in [2.05, 4.69) is 22.2 Å². The number of hydrogen-bond donors (Lipinski definition) is 0. The summed E-state index contributed by atoms with van der Waals surface area (Å²) in [6.07, 6.45) is 14.6. The first-order chi connectivity index (χ1) is 8.93. The van der Waals surface area contributed by atoms with Crippen molar-refractivity contribution in [1.29, 1.82) is 0 Å². The molecule has 1 aromatic heterocycles. The number of aromatic nitrogens is 2. The largest absolute Gasteiger partial charge is 0.497 e. The van der Waals surface area contributed by atoms with Crippen LogP contribution in [0.1, 0.15) is 6.42 Å². The van der Waals surface area contributed by atoms with Crippen molar-refractivity contribution in [2.45, 2.75) is 6.42 Å². The highest BCUT2D eigenvalue weighted by molar-refractivity contribution is 6.25. The second-order valence-electron chi connectivity index (χ2n) is 4.34. The number of ether oxygens (including phenoxy) is 1. The van der Waals surface area contributed by atoms with E-state index < -0.39 is 0 Å². The van der Waals surface area contributed by atoms with Crippen LogP contribution >= 0.6 is 0 Å². The lowest BCUT2D eigenvalue weighted by Crippen LogP contribution is -2.35. The zero-order chi connectivity index (χ0) is 11.9. The molecule has 0 saturated carbocycles. The standard InChI is InChI=1S/C14H11N3O/c1-2-13-12(3-6-15-13)14-10(1)9-16-17(14)11-4-7-18-8-5-11/h1,3-7,9H,2,8H2. The highest BCUT2D eigenvalue weighted by atomic mass is 16.5. The van der Waals surface area contributed by atoms with Crippen LogP contribution in [0.5, 0.6) is 0 Å². The topological polar surface area (TPSA) is 39.4 Å². The summed E-state index contributed by atoms with van der Waals surface area (Å²) in [6, 6.07) is 0. The lowest BCUT2D eigenvalue weighted by Gasteiger charge is -2.11. The van der Waals surface area contributed by atoms with Crippen LogP contribution in [-0.2, 0) is 4.74 Å². The average molecular weight is 237 g/mol. The highest BCUT2D eigenvalue weighted by Crippen LogP contribution is 2.15. The SMILES string of the molecule is C1=CC2=c3c(cnn3C3=CCOC=C3)=CCC2=N1. The third kappa shape index (κ3) is 1.26. The molecule has 88 valence electrons. The van der Waals surface area contributed by atoms with Gasteiger partial charge in [-0.3, -0.25) is 4.99 Å². The van der Waals surface area contributed by atoms with E-state index in [9.17, 15) is 0 Å². The smallest absolute Gasteiger partial charge is 0.108 e. The summed E-state index contributed by atoms with van der Waals surface area (Å²) >= 11 is 0. The van der Waals surface area contributed by atoms with E-state index in [-0.39, 0.29) is 0 Å². The first-order valence-corrected chi connectivity index (χ1v) is 5.94. The summed E-state index contributed by atoms with van der Waals surface area (Å²) < 4.78 is 7.14. The Morgan fingerprint density at radius 3 is 3.11 bits per heavy atom.